The molecular formula is C21H25NO6. The molecule has 2 aromatic rings. The lowest BCUT2D eigenvalue weighted by Crippen LogP contribution is -2.22. The van der Waals surface area contributed by atoms with Crippen LogP contribution in [0.3, 0.4) is 0 Å². The molecule has 0 heterocycles. The number of anilines is 1. The topological polar surface area (TPSA) is 94.1 Å². The number of methoxy groups -OCH3 is 2. The van der Waals surface area contributed by atoms with E-state index in [0.29, 0.717) is 11.5 Å². The Morgan fingerprint density at radius 1 is 1.11 bits per heavy atom. The van der Waals surface area contributed by atoms with Crippen LogP contribution in [0.15, 0.2) is 36.4 Å². The van der Waals surface area contributed by atoms with Crippen molar-refractivity contribution in [2.24, 2.45) is 0 Å². The molecule has 0 aliphatic carbocycles. The predicted molar refractivity (Wildman–Crippen MR) is 105 cm³/mol. The number of ether oxygens (including phenoxy) is 3. The molecule has 0 bridgehead atoms. The molecule has 0 fully saturated rings. The average Bonchev–Trinajstić information content (AvgIpc) is 2.66. The second-order valence-electron chi connectivity index (χ2n) is 7.14. The van der Waals surface area contributed by atoms with Gasteiger partial charge in [0.1, 0.15) is 17.1 Å². The molecule has 0 unspecified atom stereocenters. The number of aromatic hydroxyl groups is 1. The summed E-state index contributed by atoms with van der Waals surface area (Å²) < 4.78 is 15.6. The van der Waals surface area contributed by atoms with E-state index in [1.807, 2.05) is 26.8 Å². The van der Waals surface area contributed by atoms with Crippen LogP contribution in [0.5, 0.6) is 17.2 Å². The van der Waals surface area contributed by atoms with E-state index in [1.54, 1.807) is 19.2 Å². The van der Waals surface area contributed by atoms with Crippen LogP contribution in [0.2, 0.25) is 0 Å². The molecule has 0 aliphatic rings. The molecule has 7 heteroatoms. The summed E-state index contributed by atoms with van der Waals surface area (Å²) in [5.74, 6) is -0.268. The van der Waals surface area contributed by atoms with E-state index >= 15 is 0 Å². The molecule has 28 heavy (non-hydrogen) atoms. The van der Waals surface area contributed by atoms with Crippen molar-refractivity contribution in [3.8, 4) is 17.2 Å². The number of nitrogens with one attached hydrogen (secondary N) is 1. The smallest absolute Gasteiger partial charge is 0.341 e. The highest BCUT2D eigenvalue weighted by atomic mass is 16.5. The summed E-state index contributed by atoms with van der Waals surface area (Å²) in [6, 6.07) is 9.80. The standard InChI is InChI=1S/C21H25NO6/c1-21(2,3)15-11-13(26-4)9-10-17(15)28-12-18(23)22-16-8-6-7-14(19(16)24)20(25)27-5/h6-11,24H,12H2,1-5H3,(H,22,23). The predicted octanol–water partition coefficient (Wildman–Crippen LogP) is 3.50. The lowest BCUT2D eigenvalue weighted by molar-refractivity contribution is -0.118. The zero-order chi connectivity index (χ0) is 20.9. The van der Waals surface area contributed by atoms with Crippen LogP contribution in [-0.2, 0) is 14.9 Å². The molecule has 1 amide bonds. The molecule has 0 saturated heterocycles. The number of amides is 1. The van der Waals surface area contributed by atoms with Crippen molar-refractivity contribution in [1.29, 1.82) is 0 Å². The second-order valence-corrected chi connectivity index (χ2v) is 7.14. The first-order chi connectivity index (χ1) is 13.2. The highest BCUT2D eigenvalue weighted by Gasteiger charge is 2.21. The first-order valence-electron chi connectivity index (χ1n) is 8.69. The summed E-state index contributed by atoms with van der Waals surface area (Å²) in [7, 11) is 2.80. The molecule has 2 rings (SSSR count). The van der Waals surface area contributed by atoms with Gasteiger partial charge in [0.05, 0.1) is 19.9 Å². The Kier molecular flexibility index (Phi) is 6.51. The maximum absolute atomic E-state index is 12.3. The third-order valence-electron chi connectivity index (χ3n) is 4.07. The van der Waals surface area contributed by atoms with Crippen LogP contribution in [-0.4, -0.2) is 37.8 Å². The fraction of sp³-hybridized carbons (Fsp3) is 0.333. The van der Waals surface area contributed by atoms with E-state index in [2.05, 4.69) is 10.1 Å². The van der Waals surface area contributed by atoms with E-state index in [4.69, 9.17) is 9.47 Å². The van der Waals surface area contributed by atoms with Gasteiger partial charge >= 0.3 is 5.97 Å². The van der Waals surface area contributed by atoms with E-state index in [-0.39, 0.29) is 29.0 Å². The molecule has 0 radical (unpaired) electrons. The number of phenolic OH excluding ortho intramolecular Hbond substituents is 1. The molecule has 0 saturated carbocycles. The Hall–Kier alpha value is -3.22. The van der Waals surface area contributed by atoms with Gasteiger partial charge in [-0.05, 0) is 35.7 Å². The van der Waals surface area contributed by atoms with Crippen molar-refractivity contribution < 1.29 is 28.9 Å². The monoisotopic (exact) mass is 387 g/mol. The zero-order valence-electron chi connectivity index (χ0n) is 16.7. The Bertz CT molecular complexity index is 870. The van der Waals surface area contributed by atoms with Gasteiger partial charge in [0.2, 0.25) is 0 Å². The number of carbonyl (C=O) groups is 2. The molecule has 0 spiro atoms. The van der Waals surface area contributed by atoms with Crippen molar-refractivity contribution in [2.75, 3.05) is 26.1 Å². The first-order valence-corrected chi connectivity index (χ1v) is 8.69. The molecular weight excluding hydrogens is 362 g/mol. The largest absolute Gasteiger partial charge is 0.505 e. The van der Waals surface area contributed by atoms with E-state index in [9.17, 15) is 14.7 Å². The minimum atomic E-state index is -0.696. The number of hydrogen-bond acceptors (Lipinski definition) is 6. The number of hydrogen-bond donors (Lipinski definition) is 2. The van der Waals surface area contributed by atoms with Gasteiger partial charge < -0.3 is 24.6 Å². The summed E-state index contributed by atoms with van der Waals surface area (Å²) in [4.78, 5) is 23.9. The lowest BCUT2D eigenvalue weighted by atomic mass is 9.86. The Labute approximate surface area is 164 Å². The number of benzene rings is 2. The van der Waals surface area contributed by atoms with Gasteiger partial charge in [-0.15, -0.1) is 0 Å². The third-order valence-corrected chi connectivity index (χ3v) is 4.07. The second kappa shape index (κ2) is 8.65. The van der Waals surface area contributed by atoms with Gasteiger partial charge in [-0.3, -0.25) is 4.79 Å². The van der Waals surface area contributed by atoms with Crippen LogP contribution < -0.4 is 14.8 Å². The SMILES string of the molecule is COC(=O)c1cccc(NC(=O)COc2ccc(OC)cc2C(C)(C)C)c1O. The fourth-order valence-corrected chi connectivity index (χ4v) is 2.60. The summed E-state index contributed by atoms with van der Waals surface area (Å²) in [6.07, 6.45) is 0. The average molecular weight is 387 g/mol. The summed E-state index contributed by atoms with van der Waals surface area (Å²) in [5, 5.41) is 12.7. The normalized spacial score (nSPS) is 10.9. The molecule has 7 nitrogen and oxygen atoms in total. The number of esters is 1. The van der Waals surface area contributed by atoms with Gasteiger partial charge in [0.15, 0.2) is 12.4 Å². The zero-order valence-corrected chi connectivity index (χ0v) is 16.7. The Morgan fingerprint density at radius 3 is 2.43 bits per heavy atom. The number of carbonyl (C=O) groups excluding carboxylic acids is 2. The number of phenols is 1. The fourth-order valence-electron chi connectivity index (χ4n) is 2.60. The van der Waals surface area contributed by atoms with E-state index < -0.39 is 11.9 Å². The van der Waals surface area contributed by atoms with Crippen LogP contribution >= 0.6 is 0 Å². The quantitative estimate of drug-likeness (QED) is 0.582. The first kappa shape index (κ1) is 21.1. The van der Waals surface area contributed by atoms with Gasteiger partial charge in [-0.2, -0.15) is 0 Å². The maximum atomic E-state index is 12.3. The van der Waals surface area contributed by atoms with Crippen molar-refractivity contribution in [3.05, 3.63) is 47.5 Å². The minimum absolute atomic E-state index is 0.0357. The summed E-state index contributed by atoms with van der Waals surface area (Å²) in [6.45, 7) is 5.83. The summed E-state index contributed by atoms with van der Waals surface area (Å²) in [5.41, 5.74) is 0.747. The van der Waals surface area contributed by atoms with Gasteiger partial charge in [-0.25, -0.2) is 4.79 Å². The van der Waals surface area contributed by atoms with Crippen LogP contribution in [0.25, 0.3) is 0 Å². The summed E-state index contributed by atoms with van der Waals surface area (Å²) >= 11 is 0. The van der Waals surface area contributed by atoms with Gasteiger partial charge in [0, 0.05) is 5.56 Å². The van der Waals surface area contributed by atoms with Crippen molar-refractivity contribution in [2.45, 2.75) is 26.2 Å². The number of rotatable bonds is 6. The number of para-hydroxylation sites is 1. The highest BCUT2D eigenvalue weighted by molar-refractivity contribution is 5.98. The highest BCUT2D eigenvalue weighted by Crippen LogP contribution is 2.34. The molecule has 2 aromatic carbocycles. The van der Waals surface area contributed by atoms with Gasteiger partial charge in [-0.1, -0.05) is 26.8 Å². The van der Waals surface area contributed by atoms with Gasteiger partial charge in [0.25, 0.3) is 5.91 Å². The molecule has 150 valence electrons. The van der Waals surface area contributed by atoms with Crippen LogP contribution in [0.4, 0.5) is 5.69 Å². The van der Waals surface area contributed by atoms with Crippen molar-refractivity contribution >= 4 is 17.6 Å². The van der Waals surface area contributed by atoms with E-state index in [1.165, 1.54) is 25.3 Å². The maximum Gasteiger partial charge on any atom is 0.341 e. The lowest BCUT2D eigenvalue weighted by Gasteiger charge is -2.23. The van der Waals surface area contributed by atoms with Crippen molar-refractivity contribution in [3.63, 3.8) is 0 Å². The van der Waals surface area contributed by atoms with Crippen LogP contribution in [0.1, 0.15) is 36.7 Å². The molecule has 0 atom stereocenters. The minimum Gasteiger partial charge on any atom is -0.505 e. The van der Waals surface area contributed by atoms with Crippen LogP contribution in [0, 0.1) is 0 Å². The third kappa shape index (κ3) is 4.94. The molecule has 0 aliphatic heterocycles. The van der Waals surface area contributed by atoms with E-state index in [0.717, 1.165) is 5.56 Å². The Balaban J connectivity index is 2.13. The van der Waals surface area contributed by atoms with Crippen molar-refractivity contribution in [1.82, 2.24) is 0 Å². The molecule has 2 N–H and O–H groups in total. The Morgan fingerprint density at radius 2 is 1.82 bits per heavy atom. The molecule has 0 aromatic heterocycles.